The van der Waals surface area contributed by atoms with Crippen molar-refractivity contribution in [2.75, 3.05) is 0 Å². The molecule has 0 saturated carbocycles. The normalized spacial score (nSPS) is 10.8. The molecule has 0 saturated heterocycles. The lowest BCUT2D eigenvalue weighted by atomic mass is 10.2. The first-order chi connectivity index (χ1) is 6.50. The molecule has 0 amide bonds. The highest BCUT2D eigenvalue weighted by Gasteiger charge is 2.04. The molecule has 0 aromatic heterocycles. The van der Waals surface area contributed by atoms with Gasteiger partial charge in [0.05, 0.1) is 5.02 Å². The Kier molecular flexibility index (Phi) is 3.66. The number of aliphatic carboxylic acids is 1. The number of halogens is 3. The highest BCUT2D eigenvalue weighted by molar-refractivity contribution is 9.10. The Hall–Kier alpha value is -0.870. The van der Waals surface area contributed by atoms with Crippen molar-refractivity contribution in [2.24, 2.45) is 0 Å². The van der Waals surface area contributed by atoms with Crippen molar-refractivity contribution in [3.63, 3.8) is 0 Å². The molecule has 0 atom stereocenters. The molecule has 0 aliphatic rings. The SMILES string of the molecule is O=C(O)/C=C/c1cc(Cl)c(Br)cc1F. The third-order valence-electron chi connectivity index (χ3n) is 1.45. The van der Waals surface area contributed by atoms with Gasteiger partial charge < -0.3 is 5.11 Å². The zero-order valence-electron chi connectivity index (χ0n) is 6.80. The van der Waals surface area contributed by atoms with Crippen LogP contribution >= 0.6 is 27.5 Å². The number of carbonyl (C=O) groups is 1. The Morgan fingerprint density at radius 1 is 1.57 bits per heavy atom. The summed E-state index contributed by atoms with van der Waals surface area (Å²) >= 11 is 8.75. The second kappa shape index (κ2) is 4.57. The molecule has 14 heavy (non-hydrogen) atoms. The topological polar surface area (TPSA) is 37.3 Å². The number of hydrogen-bond donors (Lipinski definition) is 1. The first-order valence-electron chi connectivity index (χ1n) is 3.56. The van der Waals surface area contributed by atoms with Crippen molar-refractivity contribution >= 4 is 39.6 Å². The molecular formula is C9H5BrClFO2. The maximum Gasteiger partial charge on any atom is 0.328 e. The Labute approximate surface area is 93.1 Å². The minimum absolute atomic E-state index is 0.139. The molecule has 0 radical (unpaired) electrons. The number of rotatable bonds is 2. The fourth-order valence-electron chi connectivity index (χ4n) is 0.827. The van der Waals surface area contributed by atoms with E-state index in [1.165, 1.54) is 12.1 Å². The van der Waals surface area contributed by atoms with Gasteiger partial charge in [-0.25, -0.2) is 9.18 Å². The minimum atomic E-state index is -1.14. The van der Waals surface area contributed by atoms with Gasteiger partial charge in [-0.1, -0.05) is 11.6 Å². The Bertz CT molecular complexity index is 404. The van der Waals surface area contributed by atoms with E-state index in [0.29, 0.717) is 9.50 Å². The lowest BCUT2D eigenvalue weighted by Gasteiger charge is -1.99. The molecule has 5 heteroatoms. The van der Waals surface area contributed by atoms with Crippen LogP contribution in [-0.2, 0) is 4.79 Å². The van der Waals surface area contributed by atoms with Crippen LogP contribution in [0.5, 0.6) is 0 Å². The van der Waals surface area contributed by atoms with Crippen LogP contribution in [-0.4, -0.2) is 11.1 Å². The predicted molar refractivity (Wildman–Crippen MR) is 55.8 cm³/mol. The third-order valence-corrected chi connectivity index (χ3v) is 2.64. The summed E-state index contributed by atoms with van der Waals surface area (Å²) < 4.78 is 13.6. The summed E-state index contributed by atoms with van der Waals surface area (Å²) in [7, 11) is 0. The molecule has 0 fully saturated rings. The van der Waals surface area contributed by atoms with Gasteiger partial charge in [-0.15, -0.1) is 0 Å². The van der Waals surface area contributed by atoms with Crippen molar-refractivity contribution in [3.05, 3.63) is 39.1 Å². The summed E-state index contributed by atoms with van der Waals surface area (Å²) in [6.07, 6.45) is 2.00. The summed E-state index contributed by atoms with van der Waals surface area (Å²) in [5, 5.41) is 8.67. The molecule has 1 aromatic rings. The van der Waals surface area contributed by atoms with Gasteiger partial charge >= 0.3 is 5.97 Å². The van der Waals surface area contributed by atoms with Crippen LogP contribution in [0, 0.1) is 5.82 Å². The van der Waals surface area contributed by atoms with Crippen LogP contribution in [0.2, 0.25) is 5.02 Å². The smallest absolute Gasteiger partial charge is 0.328 e. The number of carboxylic acids is 1. The fourth-order valence-corrected chi connectivity index (χ4v) is 1.31. The average Bonchev–Trinajstić information content (AvgIpc) is 2.09. The molecule has 1 rings (SSSR count). The van der Waals surface area contributed by atoms with E-state index in [4.69, 9.17) is 16.7 Å². The second-order valence-corrected chi connectivity index (χ2v) is 3.72. The second-order valence-electron chi connectivity index (χ2n) is 2.46. The van der Waals surface area contributed by atoms with Crippen molar-refractivity contribution in [1.82, 2.24) is 0 Å². The van der Waals surface area contributed by atoms with Gasteiger partial charge in [-0.3, -0.25) is 0 Å². The quantitative estimate of drug-likeness (QED) is 0.666. The van der Waals surface area contributed by atoms with Crippen LogP contribution in [0.1, 0.15) is 5.56 Å². The zero-order valence-corrected chi connectivity index (χ0v) is 9.14. The number of benzene rings is 1. The van der Waals surface area contributed by atoms with Gasteiger partial charge in [-0.2, -0.15) is 0 Å². The molecular weight excluding hydrogens is 274 g/mol. The van der Waals surface area contributed by atoms with Gasteiger partial charge in [0, 0.05) is 16.1 Å². The van der Waals surface area contributed by atoms with Gasteiger partial charge in [0.25, 0.3) is 0 Å². The van der Waals surface area contributed by atoms with Gasteiger partial charge in [0.2, 0.25) is 0 Å². The molecule has 0 heterocycles. The highest BCUT2D eigenvalue weighted by Crippen LogP contribution is 2.26. The summed E-state index contributed by atoms with van der Waals surface area (Å²) in [5.41, 5.74) is 0.139. The van der Waals surface area contributed by atoms with Crippen LogP contribution in [0.4, 0.5) is 4.39 Å². The number of carboxylic acid groups (broad SMARTS) is 1. The maximum atomic E-state index is 13.1. The summed E-state index contributed by atoms with van der Waals surface area (Å²) in [5.74, 6) is -1.66. The first kappa shape index (κ1) is 11.2. The largest absolute Gasteiger partial charge is 0.478 e. The van der Waals surface area contributed by atoms with Crippen molar-refractivity contribution < 1.29 is 14.3 Å². The fraction of sp³-hybridized carbons (Fsp3) is 0. The van der Waals surface area contributed by atoms with E-state index < -0.39 is 11.8 Å². The van der Waals surface area contributed by atoms with E-state index in [2.05, 4.69) is 15.9 Å². The van der Waals surface area contributed by atoms with E-state index in [0.717, 1.165) is 12.2 Å². The minimum Gasteiger partial charge on any atom is -0.478 e. The van der Waals surface area contributed by atoms with E-state index in [-0.39, 0.29) is 5.56 Å². The lowest BCUT2D eigenvalue weighted by molar-refractivity contribution is -0.131. The van der Waals surface area contributed by atoms with Crippen LogP contribution in [0.3, 0.4) is 0 Å². The molecule has 1 aromatic carbocycles. The Balaban J connectivity index is 3.10. The maximum absolute atomic E-state index is 13.1. The molecule has 74 valence electrons. The lowest BCUT2D eigenvalue weighted by Crippen LogP contribution is -1.88. The van der Waals surface area contributed by atoms with Crippen LogP contribution in [0.15, 0.2) is 22.7 Å². The van der Waals surface area contributed by atoms with Crippen LogP contribution in [0.25, 0.3) is 6.08 Å². The standard InChI is InChI=1S/C9H5BrClFO2/c10-6-4-8(12)5(3-7(6)11)1-2-9(13)14/h1-4H,(H,13,14)/b2-1+. The Morgan fingerprint density at radius 2 is 2.21 bits per heavy atom. The summed E-state index contributed by atoms with van der Waals surface area (Å²) in [6, 6.07) is 2.53. The van der Waals surface area contributed by atoms with Gasteiger partial charge in [-0.05, 0) is 34.1 Å². The van der Waals surface area contributed by atoms with E-state index in [9.17, 15) is 9.18 Å². The molecule has 2 nitrogen and oxygen atoms in total. The van der Waals surface area contributed by atoms with E-state index in [1.807, 2.05) is 0 Å². The van der Waals surface area contributed by atoms with Crippen molar-refractivity contribution in [2.45, 2.75) is 0 Å². The average molecular weight is 279 g/mol. The highest BCUT2D eigenvalue weighted by atomic mass is 79.9. The molecule has 1 N–H and O–H groups in total. The first-order valence-corrected chi connectivity index (χ1v) is 4.73. The van der Waals surface area contributed by atoms with Crippen LogP contribution < -0.4 is 0 Å². The molecule has 0 bridgehead atoms. The molecule has 0 aliphatic carbocycles. The summed E-state index contributed by atoms with van der Waals surface area (Å²) in [4.78, 5) is 10.2. The summed E-state index contributed by atoms with van der Waals surface area (Å²) in [6.45, 7) is 0. The zero-order chi connectivity index (χ0) is 10.7. The van der Waals surface area contributed by atoms with Crippen molar-refractivity contribution in [1.29, 1.82) is 0 Å². The molecule has 0 spiro atoms. The van der Waals surface area contributed by atoms with E-state index in [1.54, 1.807) is 0 Å². The van der Waals surface area contributed by atoms with Gasteiger partial charge in [0.1, 0.15) is 5.82 Å². The molecule has 0 aliphatic heterocycles. The van der Waals surface area contributed by atoms with Gasteiger partial charge in [0.15, 0.2) is 0 Å². The molecule has 0 unspecified atom stereocenters. The number of hydrogen-bond acceptors (Lipinski definition) is 1. The van der Waals surface area contributed by atoms with Crippen molar-refractivity contribution in [3.8, 4) is 0 Å². The third kappa shape index (κ3) is 2.82. The van der Waals surface area contributed by atoms with E-state index >= 15 is 0 Å². The predicted octanol–water partition coefficient (Wildman–Crippen LogP) is 3.34. The Morgan fingerprint density at radius 3 is 2.79 bits per heavy atom. The monoisotopic (exact) mass is 278 g/mol.